The molecule has 0 aromatic heterocycles. The third-order valence-corrected chi connectivity index (χ3v) is 2.44. The summed E-state index contributed by atoms with van der Waals surface area (Å²) in [5.74, 6) is 0.556. The Kier molecular flexibility index (Phi) is 3.91. The van der Waals surface area contributed by atoms with Gasteiger partial charge in [-0.05, 0) is 18.8 Å². The number of hydrogen-bond acceptors (Lipinski definition) is 2. The molecule has 0 aliphatic heterocycles. The number of hydrogen-bond donors (Lipinski definition) is 1. The summed E-state index contributed by atoms with van der Waals surface area (Å²) >= 11 is 0. The number of carbonyl (C=O) groups excluding carboxylic acids is 1. The van der Waals surface area contributed by atoms with Crippen molar-refractivity contribution in [3.63, 3.8) is 0 Å². The van der Waals surface area contributed by atoms with Crippen LogP contribution in [0.1, 0.15) is 38.5 Å². The van der Waals surface area contributed by atoms with Gasteiger partial charge in [0.15, 0.2) is 0 Å². The number of primary amides is 1. The Morgan fingerprint density at radius 1 is 1.25 bits per heavy atom. The quantitative estimate of drug-likeness (QED) is 0.646. The molecule has 0 heterocycles. The Labute approximate surface area is 73.3 Å². The Morgan fingerprint density at radius 3 is 2.33 bits per heavy atom. The number of amides is 1. The molecule has 3 nitrogen and oxygen atoms in total. The molecule has 1 amide bonds. The molecule has 12 heavy (non-hydrogen) atoms. The molecule has 0 radical (unpaired) electrons. The highest BCUT2D eigenvalue weighted by molar-refractivity contribution is 5.64. The maximum atomic E-state index is 10.3. The van der Waals surface area contributed by atoms with Gasteiger partial charge in [-0.2, -0.15) is 0 Å². The predicted molar refractivity (Wildman–Crippen MR) is 46.7 cm³/mol. The second kappa shape index (κ2) is 5.01. The highest BCUT2D eigenvalue weighted by Crippen LogP contribution is 2.22. The summed E-state index contributed by atoms with van der Waals surface area (Å²) in [7, 11) is 0. The van der Waals surface area contributed by atoms with Crippen LogP contribution in [0.25, 0.3) is 0 Å². The second-order valence-electron chi connectivity index (χ2n) is 3.49. The van der Waals surface area contributed by atoms with Gasteiger partial charge >= 0.3 is 6.09 Å². The van der Waals surface area contributed by atoms with Crippen LogP contribution in [-0.2, 0) is 4.74 Å². The van der Waals surface area contributed by atoms with Gasteiger partial charge in [-0.15, -0.1) is 0 Å². The van der Waals surface area contributed by atoms with Crippen LogP contribution in [0.15, 0.2) is 0 Å². The summed E-state index contributed by atoms with van der Waals surface area (Å²) in [6.07, 6.45) is 6.93. The van der Waals surface area contributed by atoms with E-state index in [2.05, 4.69) is 0 Å². The molecule has 0 atom stereocenters. The van der Waals surface area contributed by atoms with Crippen LogP contribution in [0.5, 0.6) is 0 Å². The van der Waals surface area contributed by atoms with Crippen molar-refractivity contribution in [2.75, 3.05) is 6.61 Å². The molecular weight excluding hydrogens is 154 g/mol. The zero-order valence-corrected chi connectivity index (χ0v) is 7.42. The maximum Gasteiger partial charge on any atom is 0.404 e. The molecule has 70 valence electrons. The van der Waals surface area contributed by atoms with E-state index in [1.807, 2.05) is 0 Å². The topological polar surface area (TPSA) is 52.3 Å². The summed E-state index contributed by atoms with van der Waals surface area (Å²) in [5.41, 5.74) is 4.89. The van der Waals surface area contributed by atoms with Crippen molar-refractivity contribution >= 4 is 6.09 Å². The first kappa shape index (κ1) is 9.36. The van der Waals surface area contributed by atoms with Crippen molar-refractivity contribution in [2.24, 2.45) is 11.7 Å². The largest absolute Gasteiger partial charge is 0.449 e. The Morgan fingerprint density at radius 2 is 1.83 bits per heavy atom. The molecule has 1 aliphatic rings. The first-order valence-electron chi connectivity index (χ1n) is 4.71. The monoisotopic (exact) mass is 171 g/mol. The van der Waals surface area contributed by atoms with E-state index in [-0.39, 0.29) is 0 Å². The molecule has 2 N–H and O–H groups in total. The van der Waals surface area contributed by atoms with Crippen LogP contribution in [0, 0.1) is 5.92 Å². The molecule has 0 bridgehead atoms. The SMILES string of the molecule is NC(=O)OCC1CCCCCC1. The third kappa shape index (κ3) is 3.60. The first-order valence-corrected chi connectivity index (χ1v) is 4.71. The van der Waals surface area contributed by atoms with E-state index >= 15 is 0 Å². The van der Waals surface area contributed by atoms with Gasteiger partial charge in [-0.1, -0.05) is 25.7 Å². The van der Waals surface area contributed by atoms with Gasteiger partial charge in [0.25, 0.3) is 0 Å². The van der Waals surface area contributed by atoms with Gasteiger partial charge in [0.1, 0.15) is 0 Å². The Balaban J connectivity index is 2.16. The minimum atomic E-state index is -0.640. The molecule has 0 spiro atoms. The number of rotatable bonds is 2. The average Bonchev–Trinajstić information content (AvgIpc) is 2.28. The van der Waals surface area contributed by atoms with E-state index in [1.165, 1.54) is 38.5 Å². The van der Waals surface area contributed by atoms with Crippen LogP contribution in [0.3, 0.4) is 0 Å². The summed E-state index contributed by atoms with van der Waals surface area (Å²) in [6, 6.07) is 0. The highest BCUT2D eigenvalue weighted by atomic mass is 16.5. The highest BCUT2D eigenvalue weighted by Gasteiger charge is 2.13. The molecule has 1 aliphatic carbocycles. The molecule has 1 rings (SSSR count). The average molecular weight is 171 g/mol. The van der Waals surface area contributed by atoms with Crippen molar-refractivity contribution in [2.45, 2.75) is 38.5 Å². The standard InChI is InChI=1S/C9H17NO2/c10-9(11)12-7-8-5-3-1-2-4-6-8/h8H,1-7H2,(H2,10,11). The van der Waals surface area contributed by atoms with E-state index in [9.17, 15) is 4.79 Å². The summed E-state index contributed by atoms with van der Waals surface area (Å²) in [5, 5.41) is 0. The Hall–Kier alpha value is -0.730. The lowest BCUT2D eigenvalue weighted by atomic mass is 10.0. The van der Waals surface area contributed by atoms with Gasteiger partial charge in [0.2, 0.25) is 0 Å². The fourth-order valence-electron chi connectivity index (χ4n) is 1.73. The van der Waals surface area contributed by atoms with Gasteiger partial charge in [0.05, 0.1) is 6.61 Å². The van der Waals surface area contributed by atoms with Gasteiger partial charge in [-0.3, -0.25) is 0 Å². The lowest BCUT2D eigenvalue weighted by molar-refractivity contribution is 0.132. The summed E-state index contributed by atoms with van der Waals surface area (Å²) in [4.78, 5) is 10.3. The van der Waals surface area contributed by atoms with Gasteiger partial charge in [-0.25, -0.2) is 4.79 Å². The normalized spacial score (nSPS) is 20.0. The molecule has 1 saturated carbocycles. The van der Waals surface area contributed by atoms with Crippen molar-refractivity contribution in [3.05, 3.63) is 0 Å². The van der Waals surface area contributed by atoms with Crippen LogP contribution < -0.4 is 5.73 Å². The zero-order chi connectivity index (χ0) is 8.81. The number of carbonyl (C=O) groups is 1. The van der Waals surface area contributed by atoms with E-state index in [0.717, 1.165) is 0 Å². The molecule has 3 heteroatoms. The summed E-state index contributed by atoms with van der Waals surface area (Å²) in [6.45, 7) is 0.523. The first-order chi connectivity index (χ1) is 5.79. The summed E-state index contributed by atoms with van der Waals surface area (Å²) < 4.78 is 4.78. The molecule has 0 aromatic carbocycles. The number of nitrogens with two attached hydrogens (primary N) is 1. The lowest BCUT2D eigenvalue weighted by Crippen LogP contribution is -2.18. The van der Waals surface area contributed by atoms with Crippen LogP contribution in [0.2, 0.25) is 0 Å². The molecule has 1 fully saturated rings. The van der Waals surface area contributed by atoms with Crippen LogP contribution in [0.4, 0.5) is 4.79 Å². The van der Waals surface area contributed by atoms with Crippen molar-refractivity contribution < 1.29 is 9.53 Å². The fraction of sp³-hybridized carbons (Fsp3) is 0.889. The lowest BCUT2D eigenvalue weighted by Gasteiger charge is -2.12. The predicted octanol–water partition coefficient (Wildman–Crippen LogP) is 2.05. The maximum absolute atomic E-state index is 10.3. The van der Waals surface area contributed by atoms with Gasteiger partial charge < -0.3 is 10.5 Å². The van der Waals surface area contributed by atoms with E-state index in [0.29, 0.717) is 12.5 Å². The molecule has 0 saturated heterocycles. The molecule has 0 aromatic rings. The van der Waals surface area contributed by atoms with E-state index in [1.54, 1.807) is 0 Å². The smallest absolute Gasteiger partial charge is 0.404 e. The van der Waals surface area contributed by atoms with Crippen LogP contribution >= 0.6 is 0 Å². The second-order valence-corrected chi connectivity index (χ2v) is 3.49. The van der Waals surface area contributed by atoms with Crippen molar-refractivity contribution in [1.29, 1.82) is 0 Å². The van der Waals surface area contributed by atoms with Crippen molar-refractivity contribution in [3.8, 4) is 0 Å². The molecule has 0 unspecified atom stereocenters. The fourth-order valence-corrected chi connectivity index (χ4v) is 1.73. The minimum absolute atomic E-state index is 0.523. The zero-order valence-electron chi connectivity index (χ0n) is 7.42. The molecular formula is C9H17NO2. The van der Waals surface area contributed by atoms with Crippen LogP contribution in [-0.4, -0.2) is 12.7 Å². The van der Waals surface area contributed by atoms with E-state index in [4.69, 9.17) is 10.5 Å². The van der Waals surface area contributed by atoms with Gasteiger partial charge in [0, 0.05) is 0 Å². The Bertz CT molecular complexity index is 139. The van der Waals surface area contributed by atoms with Crippen molar-refractivity contribution in [1.82, 2.24) is 0 Å². The minimum Gasteiger partial charge on any atom is -0.449 e. The van der Waals surface area contributed by atoms with E-state index < -0.39 is 6.09 Å². The third-order valence-electron chi connectivity index (χ3n) is 2.44. The number of ether oxygens (including phenoxy) is 1.